The Morgan fingerprint density at radius 3 is 3.06 bits per heavy atom. The number of hydrogen-bond acceptors (Lipinski definition) is 4. The number of pyridine rings is 1. The summed E-state index contributed by atoms with van der Waals surface area (Å²) in [5.74, 6) is -0.977. The van der Waals surface area contributed by atoms with Crippen molar-refractivity contribution in [1.29, 1.82) is 0 Å². The fraction of sp³-hybridized carbons (Fsp3) is 0.455. The fourth-order valence-electron chi connectivity index (χ4n) is 1.32. The van der Waals surface area contributed by atoms with Crippen LogP contribution in [0.3, 0.4) is 0 Å². The second-order valence-electron chi connectivity index (χ2n) is 3.55. The Bertz CT molecular complexity index is 355. The number of carboxylic acid groups (broad SMARTS) is 1. The molecule has 1 aromatic heterocycles. The van der Waals surface area contributed by atoms with Gasteiger partial charge in [0, 0.05) is 32.2 Å². The van der Waals surface area contributed by atoms with Crippen LogP contribution in [0.4, 0.5) is 5.69 Å². The molecule has 2 N–H and O–H groups in total. The lowest BCUT2D eigenvalue weighted by atomic mass is 10.2. The first-order chi connectivity index (χ1) is 7.65. The smallest absolute Gasteiger partial charge is 0.339 e. The van der Waals surface area contributed by atoms with Gasteiger partial charge >= 0.3 is 5.97 Å². The highest BCUT2D eigenvalue weighted by atomic mass is 16.5. The first kappa shape index (κ1) is 12.4. The van der Waals surface area contributed by atoms with Crippen molar-refractivity contribution in [2.45, 2.75) is 19.4 Å². The molecule has 1 unspecified atom stereocenters. The number of aromatic nitrogens is 1. The van der Waals surface area contributed by atoms with Crippen LogP contribution in [-0.2, 0) is 4.74 Å². The van der Waals surface area contributed by atoms with Crippen molar-refractivity contribution in [1.82, 2.24) is 4.98 Å². The van der Waals surface area contributed by atoms with Crippen molar-refractivity contribution < 1.29 is 14.6 Å². The molecule has 0 aliphatic rings. The van der Waals surface area contributed by atoms with E-state index < -0.39 is 5.97 Å². The molecule has 1 heterocycles. The summed E-state index contributed by atoms with van der Waals surface area (Å²) in [6.45, 7) is 2.62. The van der Waals surface area contributed by atoms with Gasteiger partial charge in [0.2, 0.25) is 0 Å². The Morgan fingerprint density at radius 2 is 2.44 bits per heavy atom. The van der Waals surface area contributed by atoms with E-state index >= 15 is 0 Å². The van der Waals surface area contributed by atoms with Gasteiger partial charge in [-0.05, 0) is 19.4 Å². The van der Waals surface area contributed by atoms with Gasteiger partial charge in [0.25, 0.3) is 0 Å². The van der Waals surface area contributed by atoms with Crippen LogP contribution in [0.15, 0.2) is 18.5 Å². The van der Waals surface area contributed by atoms with Crippen LogP contribution in [0.5, 0.6) is 0 Å². The molecule has 88 valence electrons. The molecule has 0 spiro atoms. The van der Waals surface area contributed by atoms with E-state index in [0.717, 1.165) is 6.42 Å². The topological polar surface area (TPSA) is 71.5 Å². The summed E-state index contributed by atoms with van der Waals surface area (Å²) in [6, 6.07) is 1.81. The van der Waals surface area contributed by atoms with Gasteiger partial charge in [-0.2, -0.15) is 0 Å². The highest BCUT2D eigenvalue weighted by Gasteiger charge is 2.11. The molecule has 0 saturated heterocycles. The zero-order valence-electron chi connectivity index (χ0n) is 9.43. The number of hydrogen-bond donors (Lipinski definition) is 2. The van der Waals surface area contributed by atoms with Crippen LogP contribution < -0.4 is 5.32 Å². The summed E-state index contributed by atoms with van der Waals surface area (Å²) in [4.78, 5) is 14.7. The molecule has 0 aliphatic heterocycles. The SMILES string of the molecule is COCCC(C)Nc1ccncc1C(=O)O. The van der Waals surface area contributed by atoms with Crippen LogP contribution in [0.25, 0.3) is 0 Å². The largest absolute Gasteiger partial charge is 0.478 e. The first-order valence-electron chi connectivity index (χ1n) is 5.08. The number of aromatic carboxylic acids is 1. The molecule has 0 radical (unpaired) electrons. The highest BCUT2D eigenvalue weighted by molar-refractivity contribution is 5.93. The minimum atomic E-state index is -0.977. The van der Waals surface area contributed by atoms with Crippen LogP contribution >= 0.6 is 0 Å². The number of carboxylic acids is 1. The first-order valence-corrected chi connectivity index (χ1v) is 5.08. The lowest BCUT2D eigenvalue weighted by Crippen LogP contribution is -2.19. The van der Waals surface area contributed by atoms with Gasteiger partial charge < -0.3 is 15.2 Å². The van der Waals surface area contributed by atoms with Gasteiger partial charge in [0.05, 0.1) is 5.69 Å². The number of ether oxygens (including phenoxy) is 1. The Kier molecular flexibility index (Phi) is 4.72. The van der Waals surface area contributed by atoms with Crippen LogP contribution in [0, 0.1) is 0 Å². The summed E-state index contributed by atoms with van der Waals surface area (Å²) in [5, 5.41) is 12.1. The summed E-state index contributed by atoms with van der Waals surface area (Å²) in [7, 11) is 1.64. The van der Waals surface area contributed by atoms with Crippen molar-refractivity contribution in [3.05, 3.63) is 24.0 Å². The van der Waals surface area contributed by atoms with Crippen molar-refractivity contribution in [2.75, 3.05) is 19.0 Å². The third kappa shape index (κ3) is 3.51. The van der Waals surface area contributed by atoms with Crippen molar-refractivity contribution in [3.8, 4) is 0 Å². The van der Waals surface area contributed by atoms with E-state index in [1.54, 1.807) is 19.4 Å². The van der Waals surface area contributed by atoms with E-state index in [2.05, 4.69) is 10.3 Å². The van der Waals surface area contributed by atoms with E-state index in [1.807, 2.05) is 6.92 Å². The van der Waals surface area contributed by atoms with Crippen LogP contribution in [0.1, 0.15) is 23.7 Å². The molecule has 1 rings (SSSR count). The van der Waals surface area contributed by atoms with Crippen LogP contribution in [-0.4, -0.2) is 35.8 Å². The van der Waals surface area contributed by atoms with E-state index in [4.69, 9.17) is 9.84 Å². The summed E-state index contributed by atoms with van der Waals surface area (Å²) in [5.41, 5.74) is 0.776. The number of methoxy groups -OCH3 is 1. The average molecular weight is 224 g/mol. The zero-order chi connectivity index (χ0) is 12.0. The van der Waals surface area contributed by atoms with Gasteiger partial charge in [0.15, 0.2) is 0 Å². The van der Waals surface area contributed by atoms with E-state index in [1.165, 1.54) is 6.20 Å². The lowest BCUT2D eigenvalue weighted by molar-refractivity contribution is 0.0697. The molecule has 5 nitrogen and oxygen atoms in total. The second-order valence-corrected chi connectivity index (χ2v) is 3.55. The summed E-state index contributed by atoms with van der Waals surface area (Å²) >= 11 is 0. The summed E-state index contributed by atoms with van der Waals surface area (Å²) in [6.07, 6.45) is 3.73. The van der Waals surface area contributed by atoms with Crippen molar-refractivity contribution in [3.63, 3.8) is 0 Å². The predicted molar refractivity (Wildman–Crippen MR) is 60.8 cm³/mol. The summed E-state index contributed by atoms with van der Waals surface area (Å²) < 4.78 is 4.96. The number of anilines is 1. The molecule has 0 fully saturated rings. The Labute approximate surface area is 94.5 Å². The maximum atomic E-state index is 10.9. The molecule has 0 aromatic carbocycles. The monoisotopic (exact) mass is 224 g/mol. The maximum absolute atomic E-state index is 10.9. The van der Waals surface area contributed by atoms with E-state index in [-0.39, 0.29) is 11.6 Å². The third-order valence-corrected chi connectivity index (χ3v) is 2.21. The molecule has 1 atom stereocenters. The fourth-order valence-corrected chi connectivity index (χ4v) is 1.32. The maximum Gasteiger partial charge on any atom is 0.339 e. The normalized spacial score (nSPS) is 12.1. The molecule has 0 saturated carbocycles. The van der Waals surface area contributed by atoms with Gasteiger partial charge in [-0.3, -0.25) is 4.98 Å². The third-order valence-electron chi connectivity index (χ3n) is 2.21. The minimum absolute atomic E-state index is 0.153. The van der Waals surface area contributed by atoms with Gasteiger partial charge in [-0.1, -0.05) is 0 Å². The number of carbonyl (C=O) groups is 1. The minimum Gasteiger partial charge on any atom is -0.478 e. The standard InChI is InChI=1S/C11H16N2O3/c1-8(4-6-16-2)13-10-3-5-12-7-9(10)11(14)15/h3,5,7-8H,4,6H2,1-2H3,(H,12,13)(H,14,15). The Balaban J connectivity index is 2.69. The second kappa shape index (κ2) is 6.07. The molecule has 16 heavy (non-hydrogen) atoms. The quantitative estimate of drug-likeness (QED) is 0.768. The van der Waals surface area contributed by atoms with Gasteiger partial charge in [0.1, 0.15) is 5.56 Å². The predicted octanol–water partition coefficient (Wildman–Crippen LogP) is 1.62. The Hall–Kier alpha value is -1.62. The van der Waals surface area contributed by atoms with Crippen molar-refractivity contribution >= 4 is 11.7 Å². The molecular weight excluding hydrogens is 208 g/mol. The van der Waals surface area contributed by atoms with Crippen molar-refractivity contribution in [2.24, 2.45) is 0 Å². The van der Waals surface area contributed by atoms with Crippen LogP contribution in [0.2, 0.25) is 0 Å². The molecule has 0 amide bonds. The van der Waals surface area contributed by atoms with E-state index in [9.17, 15) is 4.79 Å². The van der Waals surface area contributed by atoms with E-state index in [0.29, 0.717) is 12.3 Å². The number of nitrogens with one attached hydrogen (secondary N) is 1. The number of nitrogens with zero attached hydrogens (tertiary/aromatic N) is 1. The average Bonchev–Trinajstić information content (AvgIpc) is 2.27. The van der Waals surface area contributed by atoms with Gasteiger partial charge in [-0.25, -0.2) is 4.79 Å². The molecule has 0 aliphatic carbocycles. The highest BCUT2D eigenvalue weighted by Crippen LogP contribution is 2.15. The lowest BCUT2D eigenvalue weighted by Gasteiger charge is -2.15. The van der Waals surface area contributed by atoms with Gasteiger partial charge in [-0.15, -0.1) is 0 Å². The zero-order valence-corrected chi connectivity index (χ0v) is 9.43. The molecule has 1 aromatic rings. The number of rotatable bonds is 6. The molecular formula is C11H16N2O3. The molecule has 0 bridgehead atoms. The Morgan fingerprint density at radius 1 is 1.69 bits per heavy atom. The molecule has 5 heteroatoms.